The highest BCUT2D eigenvalue weighted by Gasteiger charge is 2.15. The van der Waals surface area contributed by atoms with Crippen molar-refractivity contribution in [2.24, 2.45) is 5.84 Å². The van der Waals surface area contributed by atoms with E-state index >= 15 is 4.39 Å². The van der Waals surface area contributed by atoms with Crippen molar-refractivity contribution in [3.05, 3.63) is 66.5 Å². The van der Waals surface area contributed by atoms with E-state index in [-0.39, 0.29) is 17.9 Å². The van der Waals surface area contributed by atoms with Crippen LogP contribution in [0.15, 0.2) is 60.7 Å². The van der Waals surface area contributed by atoms with Crippen LogP contribution in [0, 0.1) is 5.82 Å². The van der Waals surface area contributed by atoms with Gasteiger partial charge in [-0.1, -0.05) is 12.1 Å². The molecule has 0 amide bonds. The summed E-state index contributed by atoms with van der Waals surface area (Å²) in [5, 5.41) is 3.12. The van der Waals surface area contributed by atoms with E-state index in [1.165, 1.54) is 0 Å². The Morgan fingerprint density at radius 1 is 0.767 bits per heavy atom. The number of nitrogens with one attached hydrogen (secondary N) is 2. The summed E-state index contributed by atoms with van der Waals surface area (Å²) in [7, 11) is 0. The number of hydrazine groups is 1. The van der Waals surface area contributed by atoms with Crippen molar-refractivity contribution in [2.75, 3.05) is 10.7 Å². The van der Waals surface area contributed by atoms with E-state index in [0.29, 0.717) is 11.3 Å². The number of benzene rings is 3. The van der Waals surface area contributed by atoms with Crippen molar-refractivity contribution < 1.29 is 13.9 Å². The normalized spacial score (nSPS) is 10.9. The number of nitrogen functional groups attached to an aromatic ring is 1. The standard InChI is InChI=1S/C24H28FN3O2/c1-15(2)29-19-9-5-17(6-10-19)21-13-14-22(28-26)24(23(21)25)27-18-7-11-20(12-8-18)30-16(3)4/h5-16,27-28H,26H2,1-4H3. The highest BCUT2D eigenvalue weighted by Crippen LogP contribution is 2.36. The van der Waals surface area contributed by atoms with E-state index in [1.54, 1.807) is 12.1 Å². The lowest BCUT2D eigenvalue weighted by Gasteiger charge is -2.17. The van der Waals surface area contributed by atoms with E-state index in [1.807, 2.05) is 76.2 Å². The minimum absolute atomic E-state index is 0.0793. The summed E-state index contributed by atoms with van der Waals surface area (Å²) in [6, 6.07) is 18.2. The van der Waals surface area contributed by atoms with Gasteiger partial charge in [0.2, 0.25) is 0 Å². The Bertz CT molecular complexity index is 971. The molecule has 0 radical (unpaired) electrons. The quantitative estimate of drug-likeness (QED) is 0.310. The molecule has 0 atom stereocenters. The van der Waals surface area contributed by atoms with E-state index in [0.717, 1.165) is 22.7 Å². The van der Waals surface area contributed by atoms with Gasteiger partial charge in [0.05, 0.1) is 17.9 Å². The SMILES string of the molecule is CC(C)Oc1ccc(Nc2c(NN)ccc(-c3ccc(OC(C)C)cc3)c2F)cc1. The highest BCUT2D eigenvalue weighted by atomic mass is 19.1. The van der Waals surface area contributed by atoms with Crippen LogP contribution in [0.5, 0.6) is 11.5 Å². The first-order valence-electron chi connectivity index (χ1n) is 9.97. The van der Waals surface area contributed by atoms with Crippen LogP contribution >= 0.6 is 0 Å². The van der Waals surface area contributed by atoms with Gasteiger partial charge in [-0.2, -0.15) is 0 Å². The fourth-order valence-corrected chi connectivity index (χ4v) is 3.06. The van der Waals surface area contributed by atoms with E-state index in [4.69, 9.17) is 15.3 Å². The van der Waals surface area contributed by atoms with Gasteiger partial charge in [-0.25, -0.2) is 4.39 Å². The maximum absolute atomic E-state index is 15.4. The molecule has 0 spiro atoms. The van der Waals surface area contributed by atoms with Crippen molar-refractivity contribution in [3.8, 4) is 22.6 Å². The first-order chi connectivity index (χ1) is 14.4. The highest BCUT2D eigenvalue weighted by molar-refractivity contribution is 5.81. The Balaban J connectivity index is 1.89. The van der Waals surface area contributed by atoms with Crippen LogP contribution in [0.1, 0.15) is 27.7 Å². The number of halogens is 1. The Labute approximate surface area is 177 Å². The number of hydrogen-bond donors (Lipinski definition) is 3. The summed E-state index contributed by atoms with van der Waals surface area (Å²) in [5.74, 6) is 6.72. The zero-order chi connectivity index (χ0) is 21.7. The van der Waals surface area contributed by atoms with Gasteiger partial charge in [-0.3, -0.25) is 5.84 Å². The zero-order valence-corrected chi connectivity index (χ0v) is 17.7. The second-order valence-electron chi connectivity index (χ2n) is 7.50. The minimum atomic E-state index is -0.398. The van der Waals surface area contributed by atoms with E-state index in [2.05, 4.69) is 10.7 Å². The van der Waals surface area contributed by atoms with Gasteiger partial charge in [0.25, 0.3) is 0 Å². The fourth-order valence-electron chi connectivity index (χ4n) is 3.06. The maximum atomic E-state index is 15.4. The second-order valence-corrected chi connectivity index (χ2v) is 7.50. The monoisotopic (exact) mass is 409 g/mol. The summed E-state index contributed by atoms with van der Waals surface area (Å²) in [6.07, 6.45) is 0.166. The molecule has 0 aliphatic carbocycles. The molecule has 0 saturated carbocycles. The molecule has 0 aliphatic heterocycles. The van der Waals surface area contributed by atoms with Crippen LogP contribution in [0.25, 0.3) is 11.1 Å². The molecule has 3 rings (SSSR count). The van der Waals surface area contributed by atoms with Gasteiger partial charge in [0.15, 0.2) is 5.82 Å². The lowest BCUT2D eigenvalue weighted by atomic mass is 10.0. The predicted octanol–water partition coefficient (Wildman–Crippen LogP) is 6.10. The van der Waals surface area contributed by atoms with Gasteiger partial charge in [-0.15, -0.1) is 0 Å². The molecule has 0 unspecified atom stereocenters. The average molecular weight is 410 g/mol. The topological polar surface area (TPSA) is 68.5 Å². The second kappa shape index (κ2) is 9.50. The van der Waals surface area contributed by atoms with Crippen molar-refractivity contribution in [1.29, 1.82) is 0 Å². The summed E-state index contributed by atoms with van der Waals surface area (Å²) >= 11 is 0. The molecule has 0 bridgehead atoms. The van der Waals surface area contributed by atoms with Gasteiger partial charge < -0.3 is 20.2 Å². The van der Waals surface area contributed by atoms with E-state index in [9.17, 15) is 0 Å². The van der Waals surface area contributed by atoms with Crippen molar-refractivity contribution >= 4 is 17.1 Å². The summed E-state index contributed by atoms with van der Waals surface area (Å²) < 4.78 is 26.8. The first-order valence-corrected chi connectivity index (χ1v) is 9.97. The van der Waals surface area contributed by atoms with Crippen LogP contribution in [-0.4, -0.2) is 12.2 Å². The van der Waals surface area contributed by atoms with Crippen LogP contribution in [0.3, 0.4) is 0 Å². The van der Waals surface area contributed by atoms with Crippen LogP contribution in [-0.2, 0) is 0 Å². The van der Waals surface area contributed by atoms with Gasteiger partial charge in [0.1, 0.15) is 17.2 Å². The van der Waals surface area contributed by atoms with Crippen molar-refractivity contribution in [1.82, 2.24) is 0 Å². The van der Waals surface area contributed by atoms with Gasteiger partial charge in [0, 0.05) is 11.3 Å². The first kappa shape index (κ1) is 21.5. The molecule has 3 aromatic rings. The number of ether oxygens (including phenoxy) is 2. The predicted molar refractivity (Wildman–Crippen MR) is 121 cm³/mol. The third-order valence-electron chi connectivity index (χ3n) is 4.33. The molecule has 4 N–H and O–H groups in total. The molecule has 0 heterocycles. The zero-order valence-electron chi connectivity index (χ0n) is 17.7. The molecule has 30 heavy (non-hydrogen) atoms. The summed E-state index contributed by atoms with van der Waals surface area (Å²) in [4.78, 5) is 0. The Kier molecular flexibility index (Phi) is 6.79. The summed E-state index contributed by atoms with van der Waals surface area (Å²) in [5.41, 5.74) is 5.22. The number of rotatable bonds is 8. The molecular formula is C24H28FN3O2. The molecule has 5 nitrogen and oxygen atoms in total. The molecule has 0 aromatic heterocycles. The molecule has 0 fully saturated rings. The number of hydrogen-bond acceptors (Lipinski definition) is 5. The number of nitrogens with two attached hydrogens (primary N) is 1. The van der Waals surface area contributed by atoms with Crippen LogP contribution in [0.2, 0.25) is 0 Å². The Morgan fingerprint density at radius 3 is 1.80 bits per heavy atom. The third kappa shape index (κ3) is 5.21. The lowest BCUT2D eigenvalue weighted by Crippen LogP contribution is -2.10. The molecule has 0 aliphatic rings. The van der Waals surface area contributed by atoms with Gasteiger partial charge in [-0.05, 0) is 81.8 Å². The lowest BCUT2D eigenvalue weighted by molar-refractivity contribution is 0.242. The van der Waals surface area contributed by atoms with Crippen molar-refractivity contribution in [2.45, 2.75) is 39.9 Å². The fraction of sp³-hybridized carbons (Fsp3) is 0.250. The molecule has 3 aromatic carbocycles. The Morgan fingerprint density at radius 2 is 1.30 bits per heavy atom. The third-order valence-corrected chi connectivity index (χ3v) is 4.33. The molecular weight excluding hydrogens is 381 g/mol. The number of anilines is 3. The maximum Gasteiger partial charge on any atom is 0.156 e. The van der Waals surface area contributed by atoms with Gasteiger partial charge >= 0.3 is 0 Å². The smallest absolute Gasteiger partial charge is 0.156 e. The van der Waals surface area contributed by atoms with Crippen LogP contribution < -0.4 is 26.1 Å². The average Bonchev–Trinajstić information content (AvgIpc) is 2.71. The minimum Gasteiger partial charge on any atom is -0.491 e. The molecule has 0 saturated heterocycles. The largest absolute Gasteiger partial charge is 0.491 e. The summed E-state index contributed by atoms with van der Waals surface area (Å²) in [6.45, 7) is 7.86. The molecule has 158 valence electrons. The van der Waals surface area contributed by atoms with Crippen molar-refractivity contribution in [3.63, 3.8) is 0 Å². The Hall–Kier alpha value is -3.25. The van der Waals surface area contributed by atoms with Crippen LogP contribution in [0.4, 0.5) is 21.5 Å². The van der Waals surface area contributed by atoms with E-state index < -0.39 is 5.82 Å². The molecule has 6 heteroatoms.